The predicted octanol–water partition coefficient (Wildman–Crippen LogP) is 0.934. The molecular weight excluding hydrogens is 380 g/mol. The van der Waals surface area contributed by atoms with E-state index in [9.17, 15) is 4.79 Å². The highest BCUT2D eigenvalue weighted by Gasteiger charge is 2.25. The molecule has 0 aromatic carbocycles. The van der Waals surface area contributed by atoms with Crippen LogP contribution in [-0.4, -0.2) is 50.8 Å². The summed E-state index contributed by atoms with van der Waals surface area (Å²) < 4.78 is 7.45. The second-order valence-electron chi connectivity index (χ2n) is 6.91. The van der Waals surface area contributed by atoms with Crippen LogP contribution in [0.1, 0.15) is 28.3 Å². The molecule has 1 unspecified atom stereocenters. The number of carbonyl (C=O) groups is 1. The van der Waals surface area contributed by atoms with Gasteiger partial charge < -0.3 is 21.1 Å². The normalized spacial score (nSPS) is 17.3. The van der Waals surface area contributed by atoms with Gasteiger partial charge in [-0.25, -0.2) is 9.67 Å². The van der Waals surface area contributed by atoms with E-state index in [0.717, 1.165) is 41.8 Å². The van der Waals surface area contributed by atoms with Crippen LogP contribution < -0.4 is 16.4 Å². The molecule has 0 spiro atoms. The standard InChI is InChI=1S/C17H22N8O2S/c1-24-12(21-22-23-24)9-27-8-10-3-2-6-25(7-10)11-4-5-20-17-13(11)14(18)15(28-17)16(19)26/h4-5,10H,2-3,6-9,18H2,1H3,(H2,19,26). The van der Waals surface area contributed by atoms with Crippen LogP contribution in [0.2, 0.25) is 0 Å². The number of piperidine rings is 1. The third kappa shape index (κ3) is 3.50. The number of aryl methyl sites for hydroxylation is 1. The number of primary amides is 1. The van der Waals surface area contributed by atoms with E-state index < -0.39 is 5.91 Å². The van der Waals surface area contributed by atoms with Gasteiger partial charge in [0.1, 0.15) is 16.3 Å². The zero-order valence-corrected chi connectivity index (χ0v) is 16.4. The molecule has 0 aliphatic carbocycles. The third-order valence-corrected chi connectivity index (χ3v) is 6.11. The number of hydrogen-bond donors (Lipinski definition) is 2. The lowest BCUT2D eigenvalue weighted by molar-refractivity contribution is 0.0756. The van der Waals surface area contributed by atoms with E-state index in [1.165, 1.54) is 11.3 Å². The maximum Gasteiger partial charge on any atom is 0.260 e. The Morgan fingerprint density at radius 2 is 2.32 bits per heavy atom. The van der Waals surface area contributed by atoms with Crippen molar-refractivity contribution in [1.29, 1.82) is 0 Å². The first-order chi connectivity index (χ1) is 13.5. The molecule has 28 heavy (non-hydrogen) atoms. The number of pyridine rings is 1. The summed E-state index contributed by atoms with van der Waals surface area (Å²) in [5.41, 5.74) is 13.1. The molecule has 3 aromatic rings. The fraction of sp³-hybridized carbons (Fsp3) is 0.471. The molecular formula is C17H22N8O2S. The largest absolute Gasteiger partial charge is 0.397 e. The molecule has 1 saturated heterocycles. The van der Waals surface area contributed by atoms with Gasteiger partial charge in [0.2, 0.25) is 0 Å². The second-order valence-corrected chi connectivity index (χ2v) is 7.91. The minimum atomic E-state index is -0.519. The van der Waals surface area contributed by atoms with E-state index >= 15 is 0 Å². The Labute approximate surface area is 165 Å². The molecule has 148 valence electrons. The number of aromatic nitrogens is 5. The summed E-state index contributed by atoms with van der Waals surface area (Å²) >= 11 is 1.24. The van der Waals surface area contributed by atoms with Gasteiger partial charge in [-0.15, -0.1) is 16.4 Å². The molecule has 4 rings (SSSR count). The number of fused-ring (bicyclic) bond motifs is 1. The van der Waals surface area contributed by atoms with Gasteiger partial charge in [0, 0.05) is 26.3 Å². The van der Waals surface area contributed by atoms with Crippen molar-refractivity contribution < 1.29 is 9.53 Å². The molecule has 0 bridgehead atoms. The SMILES string of the molecule is Cn1nnnc1COCC1CCCN(c2ccnc3sc(C(N)=O)c(N)c23)C1. The smallest absolute Gasteiger partial charge is 0.260 e. The second kappa shape index (κ2) is 7.68. The van der Waals surface area contributed by atoms with E-state index in [2.05, 4.69) is 25.4 Å². The highest BCUT2D eigenvalue weighted by atomic mass is 32.1. The van der Waals surface area contributed by atoms with Gasteiger partial charge in [0.25, 0.3) is 5.91 Å². The van der Waals surface area contributed by atoms with Crippen LogP contribution >= 0.6 is 11.3 Å². The van der Waals surface area contributed by atoms with Gasteiger partial charge in [-0.3, -0.25) is 4.79 Å². The molecule has 0 saturated carbocycles. The molecule has 1 aliphatic rings. The number of rotatable bonds is 6. The summed E-state index contributed by atoms with van der Waals surface area (Å²) in [6, 6.07) is 1.95. The van der Waals surface area contributed by atoms with Crippen molar-refractivity contribution in [3.05, 3.63) is 23.0 Å². The van der Waals surface area contributed by atoms with Crippen molar-refractivity contribution in [2.75, 3.05) is 30.3 Å². The molecule has 1 atom stereocenters. The number of hydrogen-bond acceptors (Lipinski definition) is 9. The van der Waals surface area contributed by atoms with Gasteiger partial charge in [-0.1, -0.05) is 0 Å². The quantitative estimate of drug-likeness (QED) is 0.621. The van der Waals surface area contributed by atoms with Crippen molar-refractivity contribution in [3.8, 4) is 0 Å². The Morgan fingerprint density at radius 1 is 1.46 bits per heavy atom. The number of nitrogens with zero attached hydrogens (tertiary/aromatic N) is 6. The van der Waals surface area contributed by atoms with Crippen LogP contribution in [0.3, 0.4) is 0 Å². The summed E-state index contributed by atoms with van der Waals surface area (Å²) in [5.74, 6) is 0.566. The fourth-order valence-corrected chi connectivity index (χ4v) is 4.52. The Morgan fingerprint density at radius 3 is 3.07 bits per heavy atom. The summed E-state index contributed by atoms with van der Waals surface area (Å²) in [6.07, 6.45) is 3.89. The summed E-state index contributed by atoms with van der Waals surface area (Å²) in [7, 11) is 1.79. The molecule has 11 heteroatoms. The van der Waals surface area contributed by atoms with E-state index in [-0.39, 0.29) is 0 Å². The monoisotopic (exact) mass is 402 g/mol. The van der Waals surface area contributed by atoms with E-state index in [0.29, 0.717) is 35.5 Å². The molecule has 1 aliphatic heterocycles. The number of nitrogen functional groups attached to an aromatic ring is 1. The van der Waals surface area contributed by atoms with Gasteiger partial charge in [0.05, 0.1) is 23.4 Å². The Balaban J connectivity index is 1.48. The van der Waals surface area contributed by atoms with Crippen molar-refractivity contribution in [1.82, 2.24) is 25.2 Å². The first kappa shape index (κ1) is 18.6. The van der Waals surface area contributed by atoms with Crippen LogP contribution in [0.15, 0.2) is 12.3 Å². The van der Waals surface area contributed by atoms with Gasteiger partial charge >= 0.3 is 0 Å². The number of ether oxygens (including phenoxy) is 1. The lowest BCUT2D eigenvalue weighted by Crippen LogP contribution is -2.37. The van der Waals surface area contributed by atoms with Crippen molar-refractivity contribution >= 4 is 38.8 Å². The van der Waals surface area contributed by atoms with Crippen LogP contribution in [-0.2, 0) is 18.4 Å². The lowest BCUT2D eigenvalue weighted by Gasteiger charge is -2.34. The number of anilines is 2. The summed E-state index contributed by atoms with van der Waals surface area (Å²) in [4.78, 5) is 19.4. The average Bonchev–Trinajstić information content (AvgIpc) is 3.25. The highest BCUT2D eigenvalue weighted by Crippen LogP contribution is 2.39. The van der Waals surface area contributed by atoms with Crippen LogP contribution in [0.5, 0.6) is 0 Å². The lowest BCUT2D eigenvalue weighted by atomic mass is 9.98. The molecule has 1 amide bonds. The summed E-state index contributed by atoms with van der Waals surface area (Å²) in [6.45, 7) is 2.78. The molecule has 4 N–H and O–H groups in total. The maximum atomic E-state index is 11.6. The Hall–Kier alpha value is -2.79. The van der Waals surface area contributed by atoms with Crippen molar-refractivity contribution in [3.63, 3.8) is 0 Å². The number of amides is 1. The van der Waals surface area contributed by atoms with Crippen molar-refractivity contribution in [2.24, 2.45) is 18.7 Å². The minimum Gasteiger partial charge on any atom is -0.397 e. The summed E-state index contributed by atoms with van der Waals surface area (Å²) in [5, 5.41) is 12.2. The van der Waals surface area contributed by atoms with Crippen molar-refractivity contribution in [2.45, 2.75) is 19.4 Å². The molecule has 10 nitrogen and oxygen atoms in total. The zero-order chi connectivity index (χ0) is 19.7. The van der Waals surface area contributed by atoms with Gasteiger partial charge in [0.15, 0.2) is 5.82 Å². The number of tetrazole rings is 1. The number of thiophene rings is 1. The van der Waals surface area contributed by atoms with Gasteiger partial charge in [-0.2, -0.15) is 0 Å². The van der Waals surface area contributed by atoms with Crippen LogP contribution in [0.4, 0.5) is 11.4 Å². The topological polar surface area (TPSA) is 138 Å². The Kier molecular flexibility index (Phi) is 5.09. The highest BCUT2D eigenvalue weighted by molar-refractivity contribution is 7.21. The van der Waals surface area contributed by atoms with E-state index in [4.69, 9.17) is 16.2 Å². The first-order valence-electron chi connectivity index (χ1n) is 9.05. The first-order valence-corrected chi connectivity index (χ1v) is 9.87. The minimum absolute atomic E-state index is 0.365. The average molecular weight is 402 g/mol. The number of nitrogens with two attached hydrogens (primary N) is 2. The third-order valence-electron chi connectivity index (χ3n) is 4.98. The molecule has 4 heterocycles. The fourth-order valence-electron chi connectivity index (χ4n) is 3.58. The maximum absolute atomic E-state index is 11.6. The Bertz CT molecular complexity index is 1000. The molecule has 0 radical (unpaired) electrons. The molecule has 1 fully saturated rings. The van der Waals surface area contributed by atoms with Gasteiger partial charge in [-0.05, 0) is 35.3 Å². The number of carbonyl (C=O) groups excluding carboxylic acids is 1. The van der Waals surface area contributed by atoms with E-state index in [1.807, 2.05) is 6.07 Å². The predicted molar refractivity (Wildman–Crippen MR) is 106 cm³/mol. The van der Waals surface area contributed by atoms with Crippen LogP contribution in [0.25, 0.3) is 10.2 Å². The van der Waals surface area contributed by atoms with E-state index in [1.54, 1.807) is 17.9 Å². The van der Waals surface area contributed by atoms with Crippen LogP contribution in [0, 0.1) is 5.92 Å². The zero-order valence-electron chi connectivity index (χ0n) is 15.5. The molecule has 3 aromatic heterocycles.